The molecule has 12 heavy (non-hydrogen) atoms. The molecule has 66 valence electrons. The average Bonchev–Trinajstić information content (AvgIpc) is 2.33. The standard InChI is InChI=1S/C9H12FNS/c1-7-2-3-9(12-7)6-11-4-8(10)5-11/h2-3,8H,4-6H2,1H3. The summed E-state index contributed by atoms with van der Waals surface area (Å²) in [7, 11) is 0. The van der Waals surface area contributed by atoms with Crippen LogP contribution in [0.25, 0.3) is 0 Å². The fourth-order valence-electron chi connectivity index (χ4n) is 1.43. The molecule has 0 bridgehead atoms. The summed E-state index contributed by atoms with van der Waals surface area (Å²) in [5.74, 6) is 0. The Morgan fingerprint density at radius 3 is 2.83 bits per heavy atom. The lowest BCUT2D eigenvalue weighted by Gasteiger charge is -2.33. The molecule has 0 unspecified atom stereocenters. The van der Waals surface area contributed by atoms with Gasteiger partial charge in [0, 0.05) is 29.4 Å². The second-order valence-corrected chi connectivity index (χ2v) is 4.68. The van der Waals surface area contributed by atoms with E-state index in [1.807, 2.05) is 0 Å². The Labute approximate surface area is 75.8 Å². The van der Waals surface area contributed by atoms with E-state index < -0.39 is 6.17 Å². The molecule has 1 saturated heterocycles. The number of nitrogens with zero attached hydrogens (tertiary/aromatic N) is 1. The van der Waals surface area contributed by atoms with Crippen LogP contribution in [0.2, 0.25) is 0 Å². The van der Waals surface area contributed by atoms with Crippen LogP contribution in [-0.2, 0) is 6.54 Å². The van der Waals surface area contributed by atoms with Gasteiger partial charge in [0.05, 0.1) is 0 Å². The summed E-state index contributed by atoms with van der Waals surface area (Å²) >= 11 is 1.80. The number of halogens is 1. The fourth-order valence-corrected chi connectivity index (χ4v) is 2.36. The summed E-state index contributed by atoms with van der Waals surface area (Å²) in [4.78, 5) is 4.82. The van der Waals surface area contributed by atoms with E-state index in [2.05, 4.69) is 24.0 Å². The number of thiophene rings is 1. The predicted octanol–water partition coefficient (Wildman–Crippen LogP) is 2.21. The molecule has 0 saturated carbocycles. The molecule has 0 atom stereocenters. The number of hydrogen-bond acceptors (Lipinski definition) is 2. The first kappa shape index (κ1) is 8.20. The van der Waals surface area contributed by atoms with Crippen LogP contribution in [0, 0.1) is 6.92 Å². The minimum atomic E-state index is -0.578. The molecule has 1 aliphatic rings. The first-order valence-corrected chi connectivity index (χ1v) is 4.97. The van der Waals surface area contributed by atoms with Crippen molar-refractivity contribution in [3.05, 3.63) is 21.9 Å². The van der Waals surface area contributed by atoms with Gasteiger partial charge in [-0.2, -0.15) is 0 Å². The number of likely N-dealkylation sites (tertiary alicyclic amines) is 1. The van der Waals surface area contributed by atoms with Crippen molar-refractivity contribution in [1.82, 2.24) is 4.90 Å². The van der Waals surface area contributed by atoms with Gasteiger partial charge in [0.2, 0.25) is 0 Å². The van der Waals surface area contributed by atoms with Gasteiger partial charge in [-0.25, -0.2) is 4.39 Å². The van der Waals surface area contributed by atoms with Gasteiger partial charge in [-0.05, 0) is 19.1 Å². The second kappa shape index (κ2) is 3.15. The Morgan fingerprint density at radius 1 is 1.58 bits per heavy atom. The molecule has 0 N–H and O–H groups in total. The third kappa shape index (κ3) is 1.67. The molecule has 1 nitrogen and oxygen atoms in total. The number of aryl methyl sites for hydroxylation is 1. The van der Waals surface area contributed by atoms with Gasteiger partial charge in [0.1, 0.15) is 6.17 Å². The van der Waals surface area contributed by atoms with Gasteiger partial charge in [0.15, 0.2) is 0 Å². The van der Waals surface area contributed by atoms with Crippen LogP contribution in [0.4, 0.5) is 4.39 Å². The van der Waals surface area contributed by atoms with Gasteiger partial charge >= 0.3 is 0 Å². The van der Waals surface area contributed by atoms with Crippen molar-refractivity contribution in [3.8, 4) is 0 Å². The maximum atomic E-state index is 12.4. The van der Waals surface area contributed by atoms with Crippen molar-refractivity contribution in [1.29, 1.82) is 0 Å². The van der Waals surface area contributed by atoms with Crippen LogP contribution in [0.1, 0.15) is 9.75 Å². The van der Waals surface area contributed by atoms with Gasteiger partial charge in [0.25, 0.3) is 0 Å². The molecule has 0 aromatic carbocycles. The molecule has 3 heteroatoms. The largest absolute Gasteiger partial charge is 0.292 e. The average molecular weight is 185 g/mol. The summed E-state index contributed by atoms with van der Waals surface area (Å²) in [5, 5.41) is 0. The monoisotopic (exact) mass is 185 g/mol. The molecule has 0 aliphatic carbocycles. The number of alkyl halides is 1. The Hall–Kier alpha value is -0.410. The first-order valence-electron chi connectivity index (χ1n) is 4.16. The lowest BCUT2D eigenvalue weighted by molar-refractivity contribution is 0.0600. The summed E-state index contributed by atoms with van der Waals surface area (Å²) in [6, 6.07) is 4.25. The van der Waals surface area contributed by atoms with Crippen molar-refractivity contribution in [3.63, 3.8) is 0 Å². The summed E-state index contributed by atoms with van der Waals surface area (Å²) in [6.45, 7) is 4.27. The fraction of sp³-hybridized carbons (Fsp3) is 0.556. The number of hydrogen-bond donors (Lipinski definition) is 0. The highest BCUT2D eigenvalue weighted by Crippen LogP contribution is 2.20. The predicted molar refractivity (Wildman–Crippen MR) is 49.2 cm³/mol. The molecule has 1 aliphatic heterocycles. The molecule has 0 radical (unpaired) electrons. The van der Waals surface area contributed by atoms with E-state index in [0.717, 1.165) is 6.54 Å². The Balaban J connectivity index is 1.88. The van der Waals surface area contributed by atoms with E-state index in [1.54, 1.807) is 11.3 Å². The molecule has 0 amide bonds. The molecular weight excluding hydrogens is 173 g/mol. The Bertz CT molecular complexity index is 265. The summed E-state index contributed by atoms with van der Waals surface area (Å²) in [6.07, 6.45) is -0.578. The van der Waals surface area contributed by atoms with Gasteiger partial charge < -0.3 is 0 Å². The highest BCUT2D eigenvalue weighted by Gasteiger charge is 2.25. The zero-order valence-corrected chi connectivity index (χ0v) is 7.90. The van der Waals surface area contributed by atoms with Crippen molar-refractivity contribution in [2.45, 2.75) is 19.6 Å². The topological polar surface area (TPSA) is 3.24 Å². The van der Waals surface area contributed by atoms with E-state index in [-0.39, 0.29) is 0 Å². The minimum Gasteiger partial charge on any atom is -0.292 e. The van der Waals surface area contributed by atoms with Crippen LogP contribution in [-0.4, -0.2) is 24.2 Å². The van der Waals surface area contributed by atoms with Gasteiger partial charge in [-0.15, -0.1) is 11.3 Å². The maximum absolute atomic E-state index is 12.4. The van der Waals surface area contributed by atoms with Crippen LogP contribution >= 0.6 is 11.3 Å². The van der Waals surface area contributed by atoms with Gasteiger partial charge in [-0.1, -0.05) is 0 Å². The van der Waals surface area contributed by atoms with Crippen LogP contribution in [0.3, 0.4) is 0 Å². The van der Waals surface area contributed by atoms with E-state index in [9.17, 15) is 4.39 Å². The normalized spacial score (nSPS) is 19.5. The summed E-state index contributed by atoms with van der Waals surface area (Å²) < 4.78 is 12.4. The highest BCUT2D eigenvalue weighted by molar-refractivity contribution is 7.11. The zero-order valence-electron chi connectivity index (χ0n) is 7.09. The van der Waals surface area contributed by atoms with Crippen LogP contribution in [0.5, 0.6) is 0 Å². The van der Waals surface area contributed by atoms with Crippen molar-refractivity contribution < 1.29 is 4.39 Å². The molecular formula is C9H12FNS. The molecule has 1 fully saturated rings. The van der Waals surface area contributed by atoms with Crippen molar-refractivity contribution in [2.75, 3.05) is 13.1 Å². The summed E-state index contributed by atoms with van der Waals surface area (Å²) in [5.41, 5.74) is 0. The van der Waals surface area contributed by atoms with E-state index in [1.165, 1.54) is 9.75 Å². The van der Waals surface area contributed by atoms with E-state index in [0.29, 0.717) is 13.1 Å². The quantitative estimate of drug-likeness (QED) is 0.683. The molecule has 1 aromatic heterocycles. The second-order valence-electron chi connectivity index (χ2n) is 3.30. The number of rotatable bonds is 2. The first-order chi connectivity index (χ1) is 5.74. The maximum Gasteiger partial charge on any atom is 0.125 e. The third-order valence-electron chi connectivity index (χ3n) is 2.09. The zero-order chi connectivity index (χ0) is 8.55. The Kier molecular flexibility index (Phi) is 2.15. The SMILES string of the molecule is Cc1ccc(CN2CC(F)C2)s1. The minimum absolute atomic E-state index is 0.578. The van der Waals surface area contributed by atoms with E-state index >= 15 is 0 Å². The van der Waals surface area contributed by atoms with Gasteiger partial charge in [-0.3, -0.25) is 4.90 Å². The lowest BCUT2D eigenvalue weighted by atomic mass is 10.2. The van der Waals surface area contributed by atoms with Crippen LogP contribution in [0.15, 0.2) is 12.1 Å². The molecule has 0 spiro atoms. The third-order valence-corrected chi connectivity index (χ3v) is 3.07. The van der Waals surface area contributed by atoms with E-state index in [4.69, 9.17) is 0 Å². The Morgan fingerprint density at radius 2 is 2.33 bits per heavy atom. The van der Waals surface area contributed by atoms with Crippen molar-refractivity contribution >= 4 is 11.3 Å². The molecule has 1 aromatic rings. The highest BCUT2D eigenvalue weighted by atomic mass is 32.1. The lowest BCUT2D eigenvalue weighted by Crippen LogP contribution is -2.47. The van der Waals surface area contributed by atoms with Crippen molar-refractivity contribution in [2.24, 2.45) is 0 Å². The molecule has 2 rings (SSSR count). The van der Waals surface area contributed by atoms with Crippen LogP contribution < -0.4 is 0 Å². The smallest absolute Gasteiger partial charge is 0.125 e. The molecule has 2 heterocycles.